The number of carboxylic acid groups (broad SMARTS) is 1. The third-order valence-electron chi connectivity index (χ3n) is 2.30. The molecule has 3 N–H and O–H groups in total. The average Bonchev–Trinajstić information content (AvgIpc) is 1.87. The summed E-state index contributed by atoms with van der Waals surface area (Å²) in [5.41, 5.74) is -0.622. The number of carboxylic acids is 1. The predicted octanol–water partition coefficient (Wildman–Crippen LogP) is -1.23. The van der Waals surface area contributed by atoms with Gasteiger partial charge in [0, 0.05) is 19.1 Å². The van der Waals surface area contributed by atoms with Gasteiger partial charge >= 0.3 is 5.97 Å². The van der Waals surface area contributed by atoms with E-state index in [1.165, 1.54) is 0 Å². The zero-order chi connectivity index (χ0) is 7.19. The summed E-state index contributed by atoms with van der Waals surface area (Å²) < 4.78 is 0. The molecule has 3 heterocycles. The first-order chi connectivity index (χ1) is 4.73. The van der Waals surface area contributed by atoms with E-state index in [9.17, 15) is 4.79 Å². The van der Waals surface area contributed by atoms with Crippen molar-refractivity contribution in [1.82, 2.24) is 10.6 Å². The molecule has 3 saturated heterocycles. The normalized spacial score (nSPS) is 44.2. The summed E-state index contributed by atoms with van der Waals surface area (Å²) in [7, 11) is 0. The van der Waals surface area contributed by atoms with Crippen LogP contribution in [-0.2, 0) is 4.79 Å². The molecule has 4 nitrogen and oxygen atoms in total. The number of rotatable bonds is 1. The number of piperidine rings is 1. The topological polar surface area (TPSA) is 61.4 Å². The van der Waals surface area contributed by atoms with E-state index in [1.54, 1.807) is 0 Å². The van der Waals surface area contributed by atoms with Gasteiger partial charge in [0.05, 0.1) is 0 Å². The summed E-state index contributed by atoms with van der Waals surface area (Å²) >= 11 is 0. The number of hydrogen-bond donors (Lipinski definition) is 3. The molecule has 2 bridgehead atoms. The SMILES string of the molecule is O=C(O)C12CNCC(C1)N2. The Morgan fingerprint density at radius 3 is 2.70 bits per heavy atom. The summed E-state index contributed by atoms with van der Waals surface area (Å²) in [5, 5.41) is 14.8. The first kappa shape index (κ1) is 6.12. The van der Waals surface area contributed by atoms with Gasteiger partial charge in [-0.15, -0.1) is 0 Å². The molecular weight excluding hydrogens is 132 g/mol. The minimum absolute atomic E-state index is 0.393. The number of fused-ring (bicyclic) bond motifs is 2. The summed E-state index contributed by atoms with van der Waals surface area (Å²) in [5.74, 6) is -0.726. The lowest BCUT2D eigenvalue weighted by Gasteiger charge is -2.50. The van der Waals surface area contributed by atoms with Gasteiger partial charge in [-0.05, 0) is 6.42 Å². The summed E-state index contributed by atoms with van der Waals surface area (Å²) in [6.07, 6.45) is 0.787. The average molecular weight is 142 g/mol. The molecule has 3 aliphatic rings. The fourth-order valence-corrected chi connectivity index (χ4v) is 1.72. The van der Waals surface area contributed by atoms with Gasteiger partial charge in [-0.2, -0.15) is 0 Å². The van der Waals surface area contributed by atoms with Crippen molar-refractivity contribution in [3.05, 3.63) is 0 Å². The quantitative estimate of drug-likeness (QED) is 0.429. The van der Waals surface area contributed by atoms with E-state index in [1.807, 2.05) is 0 Å². The summed E-state index contributed by atoms with van der Waals surface area (Å²) in [6.45, 7) is 1.48. The van der Waals surface area contributed by atoms with Crippen LogP contribution in [0.25, 0.3) is 0 Å². The Bertz CT molecular complexity index is 169. The van der Waals surface area contributed by atoms with E-state index < -0.39 is 11.5 Å². The third-order valence-corrected chi connectivity index (χ3v) is 2.30. The zero-order valence-corrected chi connectivity index (χ0v) is 5.55. The first-order valence-electron chi connectivity index (χ1n) is 3.45. The van der Waals surface area contributed by atoms with Crippen LogP contribution >= 0.6 is 0 Å². The molecule has 2 unspecified atom stereocenters. The minimum atomic E-state index is -0.726. The van der Waals surface area contributed by atoms with Crippen LogP contribution in [0.5, 0.6) is 0 Å². The fourth-order valence-electron chi connectivity index (χ4n) is 1.72. The first-order valence-corrected chi connectivity index (χ1v) is 3.45. The Morgan fingerprint density at radius 2 is 2.40 bits per heavy atom. The van der Waals surface area contributed by atoms with Crippen LogP contribution in [0.15, 0.2) is 0 Å². The molecule has 0 saturated carbocycles. The van der Waals surface area contributed by atoms with Crippen molar-refractivity contribution in [1.29, 1.82) is 0 Å². The molecule has 0 aromatic heterocycles. The fraction of sp³-hybridized carbons (Fsp3) is 0.833. The second-order valence-corrected chi connectivity index (χ2v) is 3.06. The Hall–Kier alpha value is -0.610. The largest absolute Gasteiger partial charge is 0.480 e. The Balaban J connectivity index is 2.12. The van der Waals surface area contributed by atoms with Gasteiger partial charge in [-0.25, -0.2) is 0 Å². The third kappa shape index (κ3) is 0.602. The van der Waals surface area contributed by atoms with Gasteiger partial charge < -0.3 is 10.4 Å². The van der Waals surface area contributed by atoms with Gasteiger partial charge in [0.15, 0.2) is 0 Å². The van der Waals surface area contributed by atoms with Crippen molar-refractivity contribution in [3.8, 4) is 0 Å². The highest BCUT2D eigenvalue weighted by Crippen LogP contribution is 2.27. The standard InChI is InChI=1S/C6H10N2O2/c9-5(10)6-1-4(8-6)2-7-3-6/h4,7-8H,1-3H2,(H,9,10). The lowest BCUT2D eigenvalue weighted by Crippen LogP contribution is -2.78. The highest BCUT2D eigenvalue weighted by molar-refractivity contribution is 5.81. The molecule has 2 atom stereocenters. The van der Waals surface area contributed by atoms with Crippen molar-refractivity contribution in [2.75, 3.05) is 13.1 Å². The molecular formula is C6H10N2O2. The van der Waals surface area contributed by atoms with Crippen molar-refractivity contribution in [3.63, 3.8) is 0 Å². The summed E-state index contributed by atoms with van der Waals surface area (Å²) in [4.78, 5) is 10.6. The lowest BCUT2D eigenvalue weighted by atomic mass is 9.78. The number of hydrogen-bond acceptors (Lipinski definition) is 3. The Kier molecular flexibility index (Phi) is 1.04. The highest BCUT2D eigenvalue weighted by atomic mass is 16.4. The van der Waals surface area contributed by atoms with Crippen molar-refractivity contribution < 1.29 is 9.90 Å². The maximum atomic E-state index is 10.6. The van der Waals surface area contributed by atoms with Gasteiger partial charge in [0.2, 0.25) is 0 Å². The Labute approximate surface area is 58.6 Å². The molecule has 0 aromatic rings. The monoisotopic (exact) mass is 142 g/mol. The van der Waals surface area contributed by atoms with Crippen LogP contribution in [0.4, 0.5) is 0 Å². The zero-order valence-electron chi connectivity index (χ0n) is 5.55. The second-order valence-electron chi connectivity index (χ2n) is 3.06. The minimum Gasteiger partial charge on any atom is -0.480 e. The van der Waals surface area contributed by atoms with Gasteiger partial charge in [-0.3, -0.25) is 10.1 Å². The molecule has 0 spiro atoms. The van der Waals surface area contributed by atoms with Gasteiger partial charge in [0.1, 0.15) is 5.54 Å². The van der Waals surface area contributed by atoms with Crippen molar-refractivity contribution in [2.45, 2.75) is 18.0 Å². The maximum absolute atomic E-state index is 10.6. The maximum Gasteiger partial charge on any atom is 0.325 e. The lowest BCUT2D eigenvalue weighted by molar-refractivity contribution is -0.151. The van der Waals surface area contributed by atoms with Crippen molar-refractivity contribution in [2.24, 2.45) is 0 Å². The Morgan fingerprint density at radius 1 is 1.70 bits per heavy atom. The predicted molar refractivity (Wildman–Crippen MR) is 34.8 cm³/mol. The van der Waals surface area contributed by atoms with Crippen molar-refractivity contribution >= 4 is 5.97 Å². The molecule has 10 heavy (non-hydrogen) atoms. The van der Waals surface area contributed by atoms with Crippen LogP contribution in [0, 0.1) is 0 Å². The van der Waals surface area contributed by atoms with Gasteiger partial charge in [-0.1, -0.05) is 0 Å². The molecule has 3 fully saturated rings. The number of carbonyl (C=O) groups is 1. The van der Waals surface area contributed by atoms with Crippen LogP contribution in [0.1, 0.15) is 6.42 Å². The van der Waals surface area contributed by atoms with E-state index in [0.717, 1.165) is 13.0 Å². The van der Waals surface area contributed by atoms with Gasteiger partial charge in [0.25, 0.3) is 0 Å². The van der Waals surface area contributed by atoms with E-state index in [2.05, 4.69) is 10.6 Å². The molecule has 3 aliphatic heterocycles. The van der Waals surface area contributed by atoms with Crippen LogP contribution in [-0.4, -0.2) is 35.7 Å². The van der Waals surface area contributed by atoms with E-state index in [0.29, 0.717) is 12.6 Å². The number of piperazine rings is 1. The smallest absolute Gasteiger partial charge is 0.325 e. The molecule has 0 amide bonds. The van der Waals surface area contributed by atoms with E-state index >= 15 is 0 Å². The molecule has 3 rings (SSSR count). The molecule has 0 radical (unpaired) electrons. The van der Waals surface area contributed by atoms with Crippen LogP contribution in [0.3, 0.4) is 0 Å². The van der Waals surface area contributed by atoms with E-state index in [-0.39, 0.29) is 0 Å². The molecule has 4 heteroatoms. The highest BCUT2D eigenvalue weighted by Gasteiger charge is 2.52. The molecule has 0 aliphatic carbocycles. The molecule has 56 valence electrons. The number of aliphatic carboxylic acids is 1. The van der Waals surface area contributed by atoms with Crippen LogP contribution < -0.4 is 10.6 Å². The second kappa shape index (κ2) is 1.71. The summed E-state index contributed by atoms with van der Waals surface area (Å²) in [6, 6.07) is 0.393. The van der Waals surface area contributed by atoms with Crippen LogP contribution in [0.2, 0.25) is 0 Å². The van der Waals surface area contributed by atoms with E-state index in [4.69, 9.17) is 5.11 Å². The molecule has 0 aromatic carbocycles. The number of nitrogens with one attached hydrogen (secondary N) is 2.